The lowest BCUT2D eigenvalue weighted by Gasteiger charge is -2.30. The summed E-state index contributed by atoms with van der Waals surface area (Å²) in [5.74, 6) is -8.35. The van der Waals surface area contributed by atoms with E-state index >= 15 is 0 Å². The van der Waals surface area contributed by atoms with Crippen molar-refractivity contribution >= 4 is 5.97 Å². The van der Waals surface area contributed by atoms with Crippen molar-refractivity contribution in [1.82, 2.24) is 0 Å². The van der Waals surface area contributed by atoms with E-state index in [2.05, 4.69) is 16.1 Å². The first-order chi connectivity index (χ1) is 8.04. The topological polar surface area (TPSA) is 38.8 Å². The molecule has 1 heterocycles. The summed E-state index contributed by atoms with van der Waals surface area (Å²) in [6.07, 6.45) is -5.05. The Morgan fingerprint density at radius 1 is 1.50 bits per heavy atom. The monoisotopic (exact) mass is 274 g/mol. The fourth-order valence-electron chi connectivity index (χ4n) is 1.40. The zero-order chi connectivity index (χ0) is 14.2. The van der Waals surface area contributed by atoms with Gasteiger partial charge in [0.1, 0.15) is 12.2 Å². The molecule has 18 heavy (non-hydrogen) atoms. The van der Waals surface area contributed by atoms with Gasteiger partial charge in [0.25, 0.3) is 0 Å². The Hall–Kier alpha value is -1.18. The standard InChI is InChI=1S/C10H11F5O3/c1-3-7(16)17-4-6(8(2)5-18-8)9(11,12)10(13,14)15/h3,6H,1,4-5H2,2H3. The zero-order valence-corrected chi connectivity index (χ0v) is 9.39. The molecule has 0 aromatic heterocycles. The number of hydrogen-bond donors (Lipinski definition) is 0. The number of rotatable bonds is 5. The first kappa shape index (κ1) is 14.9. The van der Waals surface area contributed by atoms with Crippen LogP contribution < -0.4 is 0 Å². The summed E-state index contributed by atoms with van der Waals surface area (Å²) >= 11 is 0. The molecule has 1 aliphatic rings. The molecule has 104 valence electrons. The number of halogens is 5. The Morgan fingerprint density at radius 2 is 2.00 bits per heavy atom. The molecule has 1 aliphatic heterocycles. The molecule has 2 atom stereocenters. The van der Waals surface area contributed by atoms with Crippen LogP contribution in [0.3, 0.4) is 0 Å². The van der Waals surface area contributed by atoms with Gasteiger partial charge in [0.05, 0.1) is 12.5 Å². The van der Waals surface area contributed by atoms with E-state index in [0.717, 1.165) is 6.92 Å². The molecule has 2 unspecified atom stereocenters. The summed E-state index contributed by atoms with van der Waals surface area (Å²) in [6, 6.07) is 0. The molecular weight excluding hydrogens is 263 g/mol. The molecule has 8 heteroatoms. The molecule has 0 aliphatic carbocycles. The van der Waals surface area contributed by atoms with Crippen LogP contribution in [0.4, 0.5) is 22.0 Å². The van der Waals surface area contributed by atoms with Gasteiger partial charge in [-0.2, -0.15) is 22.0 Å². The van der Waals surface area contributed by atoms with Gasteiger partial charge in [-0.1, -0.05) is 6.58 Å². The summed E-state index contributed by atoms with van der Waals surface area (Å²) < 4.78 is 72.3. The molecule has 3 nitrogen and oxygen atoms in total. The number of carbonyl (C=O) groups is 1. The van der Waals surface area contributed by atoms with Gasteiger partial charge in [0.2, 0.25) is 0 Å². The van der Waals surface area contributed by atoms with Gasteiger partial charge >= 0.3 is 18.1 Å². The second-order valence-corrected chi connectivity index (χ2v) is 4.11. The molecule has 0 amide bonds. The molecule has 1 rings (SSSR count). The predicted molar refractivity (Wildman–Crippen MR) is 50.0 cm³/mol. The quantitative estimate of drug-likeness (QED) is 0.334. The van der Waals surface area contributed by atoms with Gasteiger partial charge in [-0.15, -0.1) is 0 Å². The van der Waals surface area contributed by atoms with Crippen LogP contribution in [0.25, 0.3) is 0 Å². The first-order valence-electron chi connectivity index (χ1n) is 4.92. The summed E-state index contributed by atoms with van der Waals surface area (Å²) in [5.41, 5.74) is -1.64. The third kappa shape index (κ3) is 2.80. The van der Waals surface area contributed by atoms with E-state index in [-0.39, 0.29) is 6.61 Å². The summed E-state index contributed by atoms with van der Waals surface area (Å²) in [6.45, 7) is 2.79. The van der Waals surface area contributed by atoms with E-state index in [0.29, 0.717) is 6.08 Å². The average Bonchev–Trinajstić information content (AvgIpc) is 2.95. The highest BCUT2D eigenvalue weighted by atomic mass is 19.4. The van der Waals surface area contributed by atoms with Crippen LogP contribution in [0.5, 0.6) is 0 Å². The Kier molecular flexibility index (Phi) is 3.71. The fourth-order valence-corrected chi connectivity index (χ4v) is 1.40. The minimum atomic E-state index is -5.73. The maximum atomic E-state index is 13.3. The highest BCUT2D eigenvalue weighted by molar-refractivity contribution is 5.81. The van der Waals surface area contributed by atoms with Gasteiger partial charge < -0.3 is 9.47 Å². The molecule has 0 N–H and O–H groups in total. The lowest BCUT2D eigenvalue weighted by atomic mass is 9.88. The minimum Gasteiger partial charge on any atom is -0.462 e. The maximum Gasteiger partial charge on any atom is 0.453 e. The number of hydrogen-bond acceptors (Lipinski definition) is 3. The lowest BCUT2D eigenvalue weighted by molar-refractivity contribution is -0.312. The number of esters is 1. The van der Waals surface area contributed by atoms with Crippen molar-refractivity contribution in [1.29, 1.82) is 0 Å². The summed E-state index contributed by atoms with van der Waals surface area (Å²) in [7, 11) is 0. The van der Waals surface area contributed by atoms with Crippen molar-refractivity contribution in [3.8, 4) is 0 Å². The predicted octanol–water partition coefficient (Wildman–Crippen LogP) is 2.32. The van der Waals surface area contributed by atoms with Crippen LogP contribution in [0, 0.1) is 5.92 Å². The summed E-state index contributed by atoms with van der Waals surface area (Å²) in [5, 5.41) is 0. The van der Waals surface area contributed by atoms with Gasteiger partial charge in [-0.3, -0.25) is 0 Å². The van der Waals surface area contributed by atoms with Crippen molar-refractivity contribution in [2.24, 2.45) is 5.92 Å². The van der Waals surface area contributed by atoms with Gasteiger partial charge in [0.15, 0.2) is 0 Å². The fraction of sp³-hybridized carbons (Fsp3) is 0.700. The van der Waals surface area contributed by atoms with E-state index in [1.165, 1.54) is 0 Å². The van der Waals surface area contributed by atoms with Crippen molar-refractivity contribution in [3.63, 3.8) is 0 Å². The molecule has 0 aromatic rings. The second kappa shape index (κ2) is 4.49. The highest BCUT2D eigenvalue weighted by Gasteiger charge is 2.70. The van der Waals surface area contributed by atoms with Gasteiger partial charge in [0, 0.05) is 6.08 Å². The van der Waals surface area contributed by atoms with E-state index in [4.69, 9.17) is 0 Å². The van der Waals surface area contributed by atoms with Gasteiger partial charge in [-0.05, 0) is 6.92 Å². The van der Waals surface area contributed by atoms with Crippen LogP contribution in [0.15, 0.2) is 12.7 Å². The minimum absolute atomic E-state index is 0.241. The maximum absolute atomic E-state index is 13.3. The lowest BCUT2D eigenvalue weighted by Crippen LogP contribution is -2.51. The smallest absolute Gasteiger partial charge is 0.453 e. The number of ether oxygens (including phenoxy) is 2. The Balaban J connectivity index is 2.86. The average molecular weight is 274 g/mol. The van der Waals surface area contributed by atoms with Crippen LogP contribution in [0.2, 0.25) is 0 Å². The summed E-state index contributed by atoms with van der Waals surface area (Å²) in [4.78, 5) is 10.7. The van der Waals surface area contributed by atoms with Crippen molar-refractivity contribution in [3.05, 3.63) is 12.7 Å². The van der Waals surface area contributed by atoms with Crippen molar-refractivity contribution in [2.75, 3.05) is 13.2 Å². The van der Waals surface area contributed by atoms with E-state index in [1.54, 1.807) is 0 Å². The largest absolute Gasteiger partial charge is 0.462 e. The van der Waals surface area contributed by atoms with Crippen LogP contribution in [-0.2, 0) is 14.3 Å². The molecule has 0 spiro atoms. The van der Waals surface area contributed by atoms with Crippen molar-refractivity contribution in [2.45, 2.75) is 24.6 Å². The van der Waals surface area contributed by atoms with E-state index in [9.17, 15) is 26.7 Å². The second-order valence-electron chi connectivity index (χ2n) is 4.11. The Labute approximate surface area is 99.5 Å². The van der Waals surface area contributed by atoms with Crippen molar-refractivity contribution < 1.29 is 36.2 Å². The molecule has 1 fully saturated rings. The molecular formula is C10H11F5O3. The van der Waals surface area contributed by atoms with E-state index < -0.39 is 36.2 Å². The van der Waals surface area contributed by atoms with Gasteiger partial charge in [-0.25, -0.2) is 4.79 Å². The first-order valence-corrected chi connectivity index (χ1v) is 4.92. The molecule has 0 saturated carbocycles. The third-order valence-corrected chi connectivity index (χ3v) is 2.71. The molecule has 0 radical (unpaired) electrons. The SMILES string of the molecule is C=CC(=O)OCC(C1(C)CO1)C(F)(F)C(F)(F)F. The van der Waals surface area contributed by atoms with E-state index in [1.807, 2.05) is 0 Å². The zero-order valence-electron chi connectivity index (χ0n) is 9.39. The Bertz CT molecular complexity index is 346. The molecule has 0 bridgehead atoms. The Morgan fingerprint density at radius 3 is 2.33 bits per heavy atom. The van der Waals surface area contributed by atoms with Crippen LogP contribution in [0.1, 0.15) is 6.92 Å². The molecule has 1 saturated heterocycles. The highest BCUT2D eigenvalue weighted by Crippen LogP contribution is 2.50. The number of epoxide rings is 1. The number of carbonyl (C=O) groups excluding carboxylic acids is 1. The number of alkyl halides is 5. The normalized spacial score (nSPS) is 25.4. The van der Waals surface area contributed by atoms with Crippen LogP contribution in [-0.4, -0.2) is 36.9 Å². The third-order valence-electron chi connectivity index (χ3n) is 2.71. The van der Waals surface area contributed by atoms with Crippen LogP contribution >= 0.6 is 0 Å². The molecule has 0 aromatic carbocycles.